The van der Waals surface area contributed by atoms with Crippen molar-refractivity contribution < 1.29 is 32.7 Å². The maximum absolute atomic E-state index is 13.7. The molecule has 0 atom stereocenters. The van der Waals surface area contributed by atoms with E-state index in [0.29, 0.717) is 26.4 Å². The van der Waals surface area contributed by atoms with Crippen LogP contribution in [-0.2, 0) is 14.4 Å². The van der Waals surface area contributed by atoms with Gasteiger partial charge in [0, 0.05) is 5.69 Å². The van der Waals surface area contributed by atoms with Crippen molar-refractivity contribution >= 4 is 57.1 Å². The zero-order valence-corrected chi connectivity index (χ0v) is 21.1. The molecular formula is C26H19BrF2N4O5. The number of para-hydroxylation sites is 1. The number of amides is 5. The summed E-state index contributed by atoms with van der Waals surface area (Å²) >= 11 is 3.34. The Labute approximate surface area is 223 Å². The Morgan fingerprint density at radius 2 is 1.71 bits per heavy atom. The van der Waals surface area contributed by atoms with E-state index in [1.165, 1.54) is 54.6 Å². The predicted octanol–water partition coefficient (Wildman–Crippen LogP) is 4.28. The number of hydrogen-bond acceptors (Lipinski definition) is 5. The molecule has 0 unspecified atom stereocenters. The van der Waals surface area contributed by atoms with Gasteiger partial charge in [0.05, 0.1) is 10.2 Å². The highest BCUT2D eigenvalue weighted by atomic mass is 79.9. The fourth-order valence-corrected chi connectivity index (χ4v) is 3.89. The lowest BCUT2D eigenvalue weighted by molar-refractivity contribution is -0.127. The number of hydrogen-bond donors (Lipinski definition) is 3. The van der Waals surface area contributed by atoms with Crippen LogP contribution >= 0.6 is 15.9 Å². The van der Waals surface area contributed by atoms with Gasteiger partial charge in [-0.3, -0.25) is 14.4 Å². The minimum absolute atomic E-state index is 0.0621. The number of imide groups is 1. The third-order valence-corrected chi connectivity index (χ3v) is 5.79. The molecule has 3 aromatic carbocycles. The highest BCUT2D eigenvalue weighted by Crippen LogP contribution is 2.27. The summed E-state index contributed by atoms with van der Waals surface area (Å²) in [5.41, 5.74) is 0.803. The molecule has 1 saturated heterocycles. The van der Waals surface area contributed by atoms with Gasteiger partial charge in [0.25, 0.3) is 11.8 Å². The molecule has 12 heteroatoms. The summed E-state index contributed by atoms with van der Waals surface area (Å²) in [6.45, 7) is -0.915. The molecule has 0 aromatic heterocycles. The maximum Gasteiger partial charge on any atom is 0.329 e. The van der Waals surface area contributed by atoms with Crippen LogP contribution in [0, 0.1) is 11.6 Å². The number of rotatable bonds is 8. The Morgan fingerprint density at radius 1 is 0.974 bits per heavy atom. The smallest absolute Gasteiger partial charge is 0.329 e. The Morgan fingerprint density at radius 3 is 2.42 bits per heavy atom. The lowest BCUT2D eigenvalue weighted by atomic mass is 10.2. The first kappa shape index (κ1) is 26.5. The van der Waals surface area contributed by atoms with E-state index in [0.717, 1.165) is 0 Å². The second kappa shape index (κ2) is 11.6. The molecule has 38 heavy (non-hydrogen) atoms. The molecule has 0 bridgehead atoms. The molecule has 1 fully saturated rings. The van der Waals surface area contributed by atoms with Gasteiger partial charge in [0.1, 0.15) is 29.6 Å². The molecule has 0 radical (unpaired) electrons. The van der Waals surface area contributed by atoms with Crippen molar-refractivity contribution in [1.29, 1.82) is 0 Å². The van der Waals surface area contributed by atoms with Gasteiger partial charge in [-0.15, -0.1) is 0 Å². The number of nitrogens with zero attached hydrogens (tertiary/aromatic N) is 1. The third-order valence-electron chi connectivity index (χ3n) is 5.17. The van der Waals surface area contributed by atoms with Crippen LogP contribution in [0.2, 0.25) is 0 Å². The summed E-state index contributed by atoms with van der Waals surface area (Å²) in [6, 6.07) is 14.8. The zero-order chi connectivity index (χ0) is 27.2. The molecule has 194 valence electrons. The summed E-state index contributed by atoms with van der Waals surface area (Å²) in [7, 11) is 0. The van der Waals surface area contributed by atoms with Gasteiger partial charge in [-0.2, -0.15) is 0 Å². The minimum Gasteiger partial charge on any atom is -0.483 e. The summed E-state index contributed by atoms with van der Waals surface area (Å²) < 4.78 is 32.7. The number of ether oxygens (including phenoxy) is 1. The zero-order valence-electron chi connectivity index (χ0n) is 19.5. The van der Waals surface area contributed by atoms with Crippen LogP contribution in [0.1, 0.15) is 5.56 Å². The molecule has 4 rings (SSSR count). The van der Waals surface area contributed by atoms with Gasteiger partial charge in [-0.05, 0) is 76.1 Å². The lowest BCUT2D eigenvalue weighted by Crippen LogP contribution is -2.38. The Bertz CT molecular complexity index is 1450. The molecule has 9 nitrogen and oxygen atoms in total. The topological polar surface area (TPSA) is 117 Å². The second-order valence-electron chi connectivity index (χ2n) is 7.94. The lowest BCUT2D eigenvalue weighted by Gasteiger charge is -2.12. The Balaban J connectivity index is 1.35. The number of carbonyl (C=O) groups excluding carboxylic acids is 4. The number of nitrogens with one attached hydrogen (secondary N) is 3. The molecular weight excluding hydrogens is 566 g/mol. The Hall–Kier alpha value is -4.58. The van der Waals surface area contributed by atoms with Crippen LogP contribution in [0.4, 0.5) is 25.0 Å². The number of urea groups is 1. The fraction of sp³-hybridized carbons (Fsp3) is 0.0769. The molecule has 5 amide bonds. The van der Waals surface area contributed by atoms with Gasteiger partial charge >= 0.3 is 6.03 Å². The molecule has 3 N–H and O–H groups in total. The van der Waals surface area contributed by atoms with E-state index >= 15 is 0 Å². The quantitative estimate of drug-likeness (QED) is 0.270. The first-order valence-corrected chi connectivity index (χ1v) is 11.9. The largest absolute Gasteiger partial charge is 0.483 e. The van der Waals surface area contributed by atoms with Crippen molar-refractivity contribution in [1.82, 2.24) is 10.2 Å². The molecule has 3 aromatic rings. The third kappa shape index (κ3) is 6.59. The SMILES string of the molecule is O=C(COc1ccc(/C=C2/NC(=O)N(CC(=O)Nc3ccccc3F)C2=O)cc1Br)Nc1ccc(F)cc1. The van der Waals surface area contributed by atoms with Crippen LogP contribution in [0.5, 0.6) is 5.75 Å². The maximum atomic E-state index is 13.7. The van der Waals surface area contributed by atoms with Crippen LogP contribution in [-0.4, -0.2) is 41.8 Å². The molecule has 1 aliphatic heterocycles. The molecule has 1 heterocycles. The minimum atomic E-state index is -0.795. The van der Waals surface area contributed by atoms with Crippen molar-refractivity contribution in [3.05, 3.63) is 94.1 Å². The van der Waals surface area contributed by atoms with E-state index in [9.17, 15) is 28.0 Å². The van der Waals surface area contributed by atoms with E-state index in [1.807, 2.05) is 0 Å². The van der Waals surface area contributed by atoms with Crippen molar-refractivity contribution in [3.8, 4) is 5.75 Å². The summed E-state index contributed by atoms with van der Waals surface area (Å²) in [4.78, 5) is 50.0. The number of benzene rings is 3. The number of carbonyl (C=O) groups is 4. The van der Waals surface area contributed by atoms with Gasteiger partial charge < -0.3 is 20.7 Å². The average molecular weight is 585 g/mol. The van der Waals surface area contributed by atoms with Crippen LogP contribution in [0.3, 0.4) is 0 Å². The van der Waals surface area contributed by atoms with Crippen molar-refractivity contribution in [2.75, 3.05) is 23.8 Å². The van der Waals surface area contributed by atoms with E-state index < -0.39 is 41.9 Å². The fourth-order valence-electron chi connectivity index (χ4n) is 3.38. The van der Waals surface area contributed by atoms with Crippen molar-refractivity contribution in [3.63, 3.8) is 0 Å². The Kier molecular flexibility index (Phi) is 8.12. The average Bonchev–Trinajstić information content (AvgIpc) is 3.13. The summed E-state index contributed by atoms with van der Waals surface area (Å²) in [5, 5.41) is 7.30. The normalized spacial score (nSPS) is 13.9. The van der Waals surface area contributed by atoms with E-state index in [4.69, 9.17) is 4.74 Å². The first-order chi connectivity index (χ1) is 18.2. The monoisotopic (exact) mass is 584 g/mol. The number of halogens is 3. The van der Waals surface area contributed by atoms with Gasteiger partial charge in [-0.1, -0.05) is 18.2 Å². The van der Waals surface area contributed by atoms with Crippen molar-refractivity contribution in [2.45, 2.75) is 0 Å². The van der Waals surface area contributed by atoms with E-state index in [1.54, 1.807) is 18.2 Å². The van der Waals surface area contributed by atoms with E-state index in [-0.39, 0.29) is 18.0 Å². The van der Waals surface area contributed by atoms with Gasteiger partial charge in [0.15, 0.2) is 6.61 Å². The van der Waals surface area contributed by atoms with Crippen LogP contribution in [0.15, 0.2) is 76.9 Å². The predicted molar refractivity (Wildman–Crippen MR) is 138 cm³/mol. The van der Waals surface area contributed by atoms with Crippen LogP contribution in [0.25, 0.3) is 6.08 Å². The number of anilines is 2. The van der Waals surface area contributed by atoms with E-state index in [2.05, 4.69) is 31.9 Å². The molecule has 0 saturated carbocycles. The standard InChI is InChI=1S/C26H19BrF2N4O5/c27-18-11-15(5-10-22(18)38-14-24(35)30-17-8-6-16(28)7-9-17)12-21-25(36)33(26(37)32-21)13-23(34)31-20-4-2-1-3-19(20)29/h1-12H,13-14H2,(H,30,35)(H,31,34)(H,32,37)/b21-12+. The van der Waals surface area contributed by atoms with Gasteiger partial charge in [-0.25, -0.2) is 18.5 Å². The highest BCUT2D eigenvalue weighted by Gasteiger charge is 2.35. The molecule has 0 spiro atoms. The molecule has 0 aliphatic carbocycles. The highest BCUT2D eigenvalue weighted by molar-refractivity contribution is 9.10. The van der Waals surface area contributed by atoms with Crippen molar-refractivity contribution in [2.24, 2.45) is 0 Å². The summed E-state index contributed by atoms with van der Waals surface area (Å²) in [5.74, 6) is -2.65. The molecule has 1 aliphatic rings. The van der Waals surface area contributed by atoms with Gasteiger partial charge in [0.2, 0.25) is 5.91 Å². The second-order valence-corrected chi connectivity index (χ2v) is 8.80. The summed E-state index contributed by atoms with van der Waals surface area (Å²) in [6.07, 6.45) is 1.41. The van der Waals surface area contributed by atoms with Crippen LogP contribution < -0.4 is 20.7 Å². The first-order valence-electron chi connectivity index (χ1n) is 11.1.